The molecule has 1 aliphatic heterocycles. The smallest absolute Gasteiger partial charge is 0.0196 e. The number of rotatable bonds is 5. The maximum absolute atomic E-state index is 4.50. The van der Waals surface area contributed by atoms with Gasteiger partial charge in [-0.05, 0) is 83.7 Å². The predicted molar refractivity (Wildman–Crippen MR) is 197 cm³/mol. The molecule has 1 atom stereocenters. The molecule has 5 rings (SSSR count). The fourth-order valence-corrected chi connectivity index (χ4v) is 7.60. The van der Waals surface area contributed by atoms with Gasteiger partial charge in [0.15, 0.2) is 0 Å². The van der Waals surface area contributed by atoms with Crippen molar-refractivity contribution in [3.63, 3.8) is 0 Å². The lowest BCUT2D eigenvalue weighted by atomic mass is 9.76. The zero-order valence-corrected chi connectivity index (χ0v) is 29.1. The van der Waals surface area contributed by atoms with E-state index in [9.17, 15) is 0 Å². The van der Waals surface area contributed by atoms with Crippen LogP contribution in [0.15, 0.2) is 119 Å². The first-order valence-corrected chi connectivity index (χ1v) is 16.8. The topological polar surface area (TPSA) is 26.0 Å². The van der Waals surface area contributed by atoms with Gasteiger partial charge in [-0.2, -0.15) is 0 Å². The van der Waals surface area contributed by atoms with Gasteiger partial charge in [0.2, 0.25) is 0 Å². The molecule has 43 heavy (non-hydrogen) atoms. The van der Waals surface area contributed by atoms with E-state index in [1.54, 1.807) is 5.57 Å². The molecule has 2 N–H and O–H groups in total. The SMILES string of the molecule is C=C/C=C1\Cc2c(C(=CC)C3CC=C(c4ccccc4)C4=C3C/C(=C\C(=C)C)S4)cccc2C1(C)C.CC.CCC.CN. The molecular formula is C41H55NS. The molecule has 0 saturated heterocycles. The summed E-state index contributed by atoms with van der Waals surface area (Å²) in [5.74, 6) is 0.392. The van der Waals surface area contributed by atoms with Crippen molar-refractivity contribution in [3.8, 4) is 0 Å². The molecule has 3 aliphatic rings. The van der Waals surface area contributed by atoms with Crippen LogP contribution < -0.4 is 5.73 Å². The van der Waals surface area contributed by atoms with Gasteiger partial charge in [-0.15, -0.1) is 0 Å². The van der Waals surface area contributed by atoms with Crippen LogP contribution in [0.1, 0.15) is 96.9 Å². The third-order valence-corrected chi connectivity index (χ3v) is 9.15. The van der Waals surface area contributed by atoms with Gasteiger partial charge >= 0.3 is 0 Å². The minimum absolute atomic E-state index is 0.0381. The van der Waals surface area contributed by atoms with E-state index in [1.807, 2.05) is 31.7 Å². The fourth-order valence-electron chi connectivity index (χ4n) is 6.19. The second-order valence-electron chi connectivity index (χ2n) is 11.4. The van der Waals surface area contributed by atoms with Crippen molar-refractivity contribution in [3.05, 3.63) is 141 Å². The Balaban J connectivity index is 0.000000853. The maximum Gasteiger partial charge on any atom is 0.0196 e. The third kappa shape index (κ3) is 8.11. The van der Waals surface area contributed by atoms with Crippen LogP contribution in [0, 0.1) is 5.92 Å². The van der Waals surface area contributed by atoms with E-state index in [0.717, 1.165) is 24.8 Å². The van der Waals surface area contributed by atoms with Crippen molar-refractivity contribution in [1.29, 1.82) is 0 Å². The average molecular weight is 594 g/mol. The van der Waals surface area contributed by atoms with Crippen molar-refractivity contribution in [1.82, 2.24) is 0 Å². The van der Waals surface area contributed by atoms with Crippen molar-refractivity contribution in [2.24, 2.45) is 11.7 Å². The molecule has 0 spiro atoms. The minimum Gasteiger partial charge on any atom is -0.333 e. The van der Waals surface area contributed by atoms with Gasteiger partial charge in [0.05, 0.1) is 0 Å². The summed E-state index contributed by atoms with van der Waals surface area (Å²) in [5, 5.41) is 0. The van der Waals surface area contributed by atoms with Gasteiger partial charge in [0.1, 0.15) is 0 Å². The number of hydrogen-bond donors (Lipinski definition) is 1. The first-order chi connectivity index (χ1) is 20.8. The lowest BCUT2D eigenvalue weighted by molar-refractivity contribution is 0.644. The van der Waals surface area contributed by atoms with Crippen LogP contribution in [0.5, 0.6) is 0 Å². The standard InChI is InChI=1S/C35H36S.C3H8.C2H6.CH5N/c1-7-13-25-21-31-29(16-12-17-33(31)35(25,5)6)27(8-2)30-19-18-28(24-14-10-9-11-15-24)34-32(30)22-26(36-34)20-23(3)4;1-3-2;2*1-2/h7-18,20,30H,1,3,19,21-22H2,2,4-6H3;3H2,1-2H3;1-2H3;2H2,1H3/b25-13+,26-20+,27-8?;;;. The van der Waals surface area contributed by atoms with Crippen LogP contribution in [0.25, 0.3) is 11.1 Å². The summed E-state index contributed by atoms with van der Waals surface area (Å²) in [6, 6.07) is 17.8. The average Bonchev–Trinajstić information content (AvgIpc) is 3.54. The van der Waals surface area contributed by atoms with Crippen molar-refractivity contribution in [2.75, 3.05) is 7.05 Å². The molecular weight excluding hydrogens is 539 g/mol. The highest BCUT2D eigenvalue weighted by Gasteiger charge is 2.38. The van der Waals surface area contributed by atoms with Crippen LogP contribution in [0.4, 0.5) is 0 Å². The Labute approximate surface area is 268 Å². The van der Waals surface area contributed by atoms with Crippen molar-refractivity contribution in [2.45, 2.75) is 86.5 Å². The summed E-state index contributed by atoms with van der Waals surface area (Å²) in [6.45, 7) is 25.4. The lowest BCUT2D eigenvalue weighted by Crippen LogP contribution is -2.15. The number of fused-ring (bicyclic) bond motifs is 1. The molecule has 2 aromatic carbocycles. The van der Waals surface area contributed by atoms with Crippen molar-refractivity contribution >= 4 is 22.9 Å². The Morgan fingerprint density at radius 3 is 2.26 bits per heavy atom. The number of benzene rings is 2. The summed E-state index contributed by atoms with van der Waals surface area (Å²) in [4.78, 5) is 2.86. The van der Waals surface area contributed by atoms with Gasteiger partial charge < -0.3 is 5.73 Å². The molecule has 0 saturated carbocycles. The molecule has 2 aromatic rings. The molecule has 1 heterocycles. The lowest BCUT2D eigenvalue weighted by Gasteiger charge is -2.28. The number of hydrogen-bond acceptors (Lipinski definition) is 2. The van der Waals surface area contributed by atoms with Crippen molar-refractivity contribution < 1.29 is 0 Å². The molecule has 2 aliphatic carbocycles. The molecule has 0 bridgehead atoms. The molecule has 0 aromatic heterocycles. The Hall–Kier alpha value is -3.07. The zero-order valence-electron chi connectivity index (χ0n) is 28.3. The fraction of sp³-hybridized carbons (Fsp3) is 0.366. The van der Waals surface area contributed by atoms with Crippen LogP contribution >= 0.6 is 11.8 Å². The largest absolute Gasteiger partial charge is 0.333 e. The highest BCUT2D eigenvalue weighted by atomic mass is 32.2. The molecule has 0 amide bonds. The van der Waals surface area contributed by atoms with E-state index in [-0.39, 0.29) is 5.41 Å². The molecule has 230 valence electrons. The maximum atomic E-state index is 4.50. The number of thioether (sulfide) groups is 1. The highest BCUT2D eigenvalue weighted by molar-refractivity contribution is 8.07. The highest BCUT2D eigenvalue weighted by Crippen LogP contribution is 2.56. The first-order valence-electron chi connectivity index (χ1n) is 16.0. The van der Waals surface area contributed by atoms with Crippen LogP contribution in [0.2, 0.25) is 0 Å². The van der Waals surface area contributed by atoms with Crippen LogP contribution in [0.3, 0.4) is 0 Å². The molecule has 2 heteroatoms. The van der Waals surface area contributed by atoms with Gasteiger partial charge in [-0.3, -0.25) is 0 Å². The van der Waals surface area contributed by atoms with Gasteiger partial charge in [0.25, 0.3) is 0 Å². The minimum atomic E-state index is 0.0381. The van der Waals surface area contributed by atoms with E-state index in [0.29, 0.717) is 5.92 Å². The second-order valence-corrected chi connectivity index (χ2v) is 12.5. The second kappa shape index (κ2) is 17.3. The zero-order chi connectivity index (χ0) is 32.2. The van der Waals surface area contributed by atoms with Crippen LogP contribution in [-0.4, -0.2) is 7.05 Å². The van der Waals surface area contributed by atoms with E-state index in [1.165, 1.54) is 62.3 Å². The molecule has 1 nitrogen and oxygen atoms in total. The molecule has 0 fully saturated rings. The Bertz CT molecular complexity index is 1410. The quantitative estimate of drug-likeness (QED) is 0.373. The number of nitrogens with two attached hydrogens (primary N) is 1. The predicted octanol–water partition coefficient (Wildman–Crippen LogP) is 12.0. The first kappa shape index (κ1) is 36.1. The van der Waals surface area contributed by atoms with E-state index >= 15 is 0 Å². The molecule has 1 unspecified atom stereocenters. The number of allylic oxidation sites excluding steroid dienone is 11. The summed E-state index contributed by atoms with van der Waals surface area (Å²) >= 11 is 1.95. The van der Waals surface area contributed by atoms with E-state index in [4.69, 9.17) is 0 Å². The van der Waals surface area contributed by atoms with E-state index in [2.05, 4.69) is 133 Å². The Morgan fingerprint density at radius 2 is 1.67 bits per heavy atom. The summed E-state index contributed by atoms with van der Waals surface area (Å²) in [7, 11) is 1.50. The van der Waals surface area contributed by atoms with E-state index < -0.39 is 0 Å². The van der Waals surface area contributed by atoms with Crippen LogP contribution in [-0.2, 0) is 11.8 Å². The normalized spacial score (nSPS) is 20.0. The van der Waals surface area contributed by atoms with Gasteiger partial charge in [-0.1, -0.05) is 157 Å². The Kier molecular flexibility index (Phi) is 14.5. The van der Waals surface area contributed by atoms with Gasteiger partial charge in [-0.25, -0.2) is 0 Å². The summed E-state index contributed by atoms with van der Waals surface area (Å²) < 4.78 is 0. The molecule has 0 radical (unpaired) electrons. The third-order valence-electron chi connectivity index (χ3n) is 7.94. The summed E-state index contributed by atoms with van der Waals surface area (Å²) in [5.41, 5.74) is 17.2. The monoisotopic (exact) mass is 593 g/mol. The van der Waals surface area contributed by atoms with Gasteiger partial charge in [0, 0.05) is 22.7 Å². The Morgan fingerprint density at radius 1 is 1.02 bits per heavy atom. The summed E-state index contributed by atoms with van der Waals surface area (Å²) in [6.07, 6.45) is 15.6.